The van der Waals surface area contributed by atoms with Crippen LogP contribution in [0.3, 0.4) is 0 Å². The third-order valence-electron chi connectivity index (χ3n) is 5.24. The van der Waals surface area contributed by atoms with Crippen LogP contribution in [0, 0.1) is 0 Å². The molecule has 0 fully saturated rings. The van der Waals surface area contributed by atoms with Gasteiger partial charge in [-0.1, -0.05) is 30.8 Å². The van der Waals surface area contributed by atoms with E-state index in [1.165, 1.54) is 23.8 Å². The van der Waals surface area contributed by atoms with Crippen LogP contribution in [0.1, 0.15) is 25.8 Å². The molecule has 0 saturated heterocycles. The van der Waals surface area contributed by atoms with E-state index in [-0.39, 0.29) is 11.8 Å². The van der Waals surface area contributed by atoms with Gasteiger partial charge in [-0.15, -0.1) is 0 Å². The molecule has 0 aromatic heterocycles. The van der Waals surface area contributed by atoms with Gasteiger partial charge in [-0.05, 0) is 37.6 Å². The molecule has 166 valence electrons. The van der Waals surface area contributed by atoms with Crippen molar-refractivity contribution in [2.75, 3.05) is 19.5 Å². The fourth-order valence-electron chi connectivity index (χ4n) is 3.52. The molecule has 2 unspecified atom stereocenters. The zero-order valence-electron chi connectivity index (χ0n) is 18.3. The maximum Gasteiger partial charge on any atom is 0.258 e. The molecule has 0 saturated carbocycles. The number of anilines is 1. The Bertz CT molecular complexity index is 1130. The summed E-state index contributed by atoms with van der Waals surface area (Å²) in [5.41, 5.74) is 2.09. The molecule has 1 N–H and O–H groups in total. The molecule has 4 rings (SSSR count). The van der Waals surface area contributed by atoms with Crippen LogP contribution < -0.4 is 14.8 Å². The Balaban J connectivity index is 1.60. The van der Waals surface area contributed by atoms with Crippen molar-refractivity contribution < 1.29 is 19.1 Å². The third kappa shape index (κ3) is 3.95. The first-order chi connectivity index (χ1) is 15.5. The highest BCUT2D eigenvalue weighted by Crippen LogP contribution is 2.36. The minimum absolute atomic E-state index is 0.146. The Morgan fingerprint density at radius 1 is 1.22 bits per heavy atom. The lowest BCUT2D eigenvalue weighted by atomic mass is 10.1. The summed E-state index contributed by atoms with van der Waals surface area (Å²) < 4.78 is 10.6. The summed E-state index contributed by atoms with van der Waals surface area (Å²) in [4.78, 5) is 36.7. The average molecular weight is 453 g/mol. The Kier molecular flexibility index (Phi) is 6.18. The quantitative estimate of drug-likeness (QED) is 0.719. The SMILES string of the molecule is CCC(SC1=Nc2ccccc2C2=NC(C)C(=O)N12)C(=O)Nc1ccc(OC)cc1OC. The smallest absolute Gasteiger partial charge is 0.258 e. The second kappa shape index (κ2) is 9.04. The van der Waals surface area contributed by atoms with Crippen LogP contribution in [-0.4, -0.2) is 53.2 Å². The first-order valence-electron chi connectivity index (χ1n) is 10.3. The van der Waals surface area contributed by atoms with Crippen LogP contribution >= 0.6 is 11.8 Å². The number of ether oxygens (including phenoxy) is 2. The highest BCUT2D eigenvalue weighted by molar-refractivity contribution is 8.15. The number of rotatable bonds is 6. The minimum atomic E-state index is -0.487. The van der Waals surface area contributed by atoms with E-state index in [9.17, 15) is 9.59 Å². The Hall–Kier alpha value is -3.33. The molecule has 0 aliphatic carbocycles. The van der Waals surface area contributed by atoms with Gasteiger partial charge in [-0.3, -0.25) is 14.6 Å². The van der Waals surface area contributed by atoms with E-state index < -0.39 is 11.3 Å². The summed E-state index contributed by atoms with van der Waals surface area (Å²) in [5, 5.41) is 2.91. The summed E-state index contributed by atoms with van der Waals surface area (Å²) in [5.74, 6) is 1.36. The van der Waals surface area contributed by atoms with E-state index in [0.29, 0.717) is 34.6 Å². The number of amides is 2. The van der Waals surface area contributed by atoms with E-state index in [1.54, 1.807) is 32.2 Å². The summed E-state index contributed by atoms with van der Waals surface area (Å²) in [7, 11) is 3.10. The summed E-state index contributed by atoms with van der Waals surface area (Å²) in [6.45, 7) is 3.68. The van der Waals surface area contributed by atoms with Crippen molar-refractivity contribution in [3.05, 3.63) is 48.0 Å². The maximum atomic E-state index is 13.1. The Morgan fingerprint density at radius 2 is 2.00 bits per heavy atom. The zero-order valence-corrected chi connectivity index (χ0v) is 19.1. The highest BCUT2D eigenvalue weighted by Gasteiger charge is 2.40. The molecule has 8 nitrogen and oxygen atoms in total. The van der Waals surface area contributed by atoms with Gasteiger partial charge in [0.2, 0.25) is 5.91 Å². The van der Waals surface area contributed by atoms with Crippen molar-refractivity contribution in [1.82, 2.24) is 4.90 Å². The Labute approximate surface area is 190 Å². The molecule has 2 aromatic rings. The van der Waals surface area contributed by atoms with Gasteiger partial charge >= 0.3 is 0 Å². The van der Waals surface area contributed by atoms with Gasteiger partial charge in [-0.25, -0.2) is 9.89 Å². The van der Waals surface area contributed by atoms with E-state index in [4.69, 9.17) is 9.47 Å². The molecule has 2 heterocycles. The van der Waals surface area contributed by atoms with Crippen LogP contribution in [0.2, 0.25) is 0 Å². The number of carbonyl (C=O) groups excluding carboxylic acids is 2. The van der Waals surface area contributed by atoms with Crippen molar-refractivity contribution >= 4 is 46.0 Å². The molecule has 2 amide bonds. The number of nitrogens with zero attached hydrogens (tertiary/aromatic N) is 3. The van der Waals surface area contributed by atoms with E-state index in [2.05, 4.69) is 15.3 Å². The maximum absolute atomic E-state index is 13.1. The van der Waals surface area contributed by atoms with Crippen LogP contribution in [0.25, 0.3) is 0 Å². The molecule has 0 bridgehead atoms. The molecular weight excluding hydrogens is 428 g/mol. The molecule has 2 atom stereocenters. The van der Waals surface area contributed by atoms with Gasteiger partial charge in [-0.2, -0.15) is 0 Å². The molecule has 32 heavy (non-hydrogen) atoms. The number of aliphatic imine (C=N–C) groups is 2. The largest absolute Gasteiger partial charge is 0.497 e. The lowest BCUT2D eigenvalue weighted by molar-refractivity contribution is -0.124. The summed E-state index contributed by atoms with van der Waals surface area (Å²) >= 11 is 1.26. The predicted octanol–water partition coefficient (Wildman–Crippen LogP) is 3.83. The number of methoxy groups -OCH3 is 2. The number of hydrogen-bond donors (Lipinski definition) is 1. The van der Waals surface area contributed by atoms with Gasteiger partial charge in [0.1, 0.15) is 23.4 Å². The first-order valence-corrected chi connectivity index (χ1v) is 11.1. The van der Waals surface area contributed by atoms with Crippen LogP contribution in [0.4, 0.5) is 11.4 Å². The number of benzene rings is 2. The number of hydrogen-bond acceptors (Lipinski definition) is 7. The molecule has 9 heteroatoms. The second-order valence-electron chi connectivity index (χ2n) is 7.28. The van der Waals surface area contributed by atoms with Crippen LogP contribution in [-0.2, 0) is 9.59 Å². The molecule has 0 radical (unpaired) electrons. The van der Waals surface area contributed by atoms with Gasteiger partial charge in [0.25, 0.3) is 5.91 Å². The summed E-state index contributed by atoms with van der Waals surface area (Å²) in [6.07, 6.45) is 0.541. The number of thioether (sulfide) groups is 1. The van der Waals surface area contributed by atoms with Gasteiger partial charge in [0.05, 0.1) is 30.8 Å². The molecule has 2 aliphatic heterocycles. The van der Waals surface area contributed by atoms with Crippen molar-refractivity contribution in [2.45, 2.75) is 31.6 Å². The fourth-order valence-corrected chi connectivity index (χ4v) is 4.54. The van der Waals surface area contributed by atoms with Crippen molar-refractivity contribution in [1.29, 1.82) is 0 Å². The van der Waals surface area contributed by atoms with E-state index in [0.717, 1.165) is 11.3 Å². The lowest BCUT2D eigenvalue weighted by Gasteiger charge is -2.27. The van der Waals surface area contributed by atoms with Gasteiger partial charge < -0.3 is 14.8 Å². The van der Waals surface area contributed by atoms with Crippen molar-refractivity contribution in [3.63, 3.8) is 0 Å². The normalized spacial score (nSPS) is 17.7. The van der Waals surface area contributed by atoms with E-state index >= 15 is 0 Å². The zero-order chi connectivity index (χ0) is 22.8. The molecular formula is C23H24N4O4S. The standard InChI is InChI=1S/C23H24N4O4S/c1-5-19(21(28)25-17-11-10-14(30-3)12-18(17)31-4)32-23-26-16-9-7-6-8-15(16)20-24-13(2)22(29)27(20)23/h6-13,19H,5H2,1-4H3,(H,25,28). The summed E-state index contributed by atoms with van der Waals surface area (Å²) in [6, 6.07) is 12.3. The molecule has 2 aliphatic rings. The van der Waals surface area contributed by atoms with Crippen molar-refractivity contribution in [2.24, 2.45) is 9.98 Å². The minimum Gasteiger partial charge on any atom is -0.497 e. The predicted molar refractivity (Wildman–Crippen MR) is 126 cm³/mol. The number of nitrogens with one attached hydrogen (secondary N) is 1. The third-order valence-corrected chi connectivity index (χ3v) is 6.55. The molecule has 2 aromatic carbocycles. The topological polar surface area (TPSA) is 92.6 Å². The number of amidine groups is 2. The fraction of sp³-hybridized carbons (Fsp3) is 0.304. The number of para-hydroxylation sites is 1. The second-order valence-corrected chi connectivity index (χ2v) is 8.45. The first kappa shape index (κ1) is 21.9. The van der Waals surface area contributed by atoms with Crippen LogP contribution in [0.15, 0.2) is 52.4 Å². The average Bonchev–Trinajstić information content (AvgIpc) is 3.12. The Morgan fingerprint density at radius 3 is 2.72 bits per heavy atom. The van der Waals surface area contributed by atoms with Crippen LogP contribution in [0.5, 0.6) is 11.5 Å². The van der Waals surface area contributed by atoms with Crippen molar-refractivity contribution in [3.8, 4) is 11.5 Å². The van der Waals surface area contributed by atoms with Gasteiger partial charge in [0, 0.05) is 11.6 Å². The van der Waals surface area contributed by atoms with Gasteiger partial charge in [0.15, 0.2) is 5.17 Å². The highest BCUT2D eigenvalue weighted by atomic mass is 32.2. The van der Waals surface area contributed by atoms with E-state index in [1.807, 2.05) is 31.2 Å². The molecule has 0 spiro atoms. The number of fused-ring (bicyclic) bond motifs is 3. The monoisotopic (exact) mass is 452 g/mol. The lowest BCUT2D eigenvalue weighted by Crippen LogP contribution is -2.42. The number of carbonyl (C=O) groups is 2.